The normalized spacial score (nSPS) is 16.8. The quantitative estimate of drug-likeness (QED) is 0.844. The molecular weight excluding hydrogens is 327 g/mol. The maximum atomic E-state index is 13.0. The monoisotopic (exact) mass is 346 g/mol. The molecule has 2 heterocycles. The molecule has 0 unspecified atom stereocenters. The van der Waals surface area contributed by atoms with Gasteiger partial charge in [-0.15, -0.1) is 0 Å². The molecule has 1 aromatic carbocycles. The molecule has 1 atom stereocenters. The molecule has 1 aliphatic rings. The Hall–Kier alpha value is -2.74. The predicted octanol–water partition coefficient (Wildman–Crippen LogP) is 1.02. The van der Waals surface area contributed by atoms with Crippen molar-refractivity contribution in [2.75, 3.05) is 13.6 Å². The maximum absolute atomic E-state index is 13.0. The number of hydrogen-bond acceptors (Lipinski definition) is 4. The number of likely N-dealkylation sites (N-methyl/N-ethyl adjacent to an activating group) is 1. The van der Waals surface area contributed by atoms with Gasteiger partial charge in [0.25, 0.3) is 0 Å². The van der Waals surface area contributed by atoms with Gasteiger partial charge in [-0.05, 0) is 24.7 Å². The van der Waals surface area contributed by atoms with E-state index in [0.29, 0.717) is 12.2 Å². The molecule has 3 rings (SSSR count). The predicted molar refractivity (Wildman–Crippen MR) is 87.0 cm³/mol. The Morgan fingerprint density at radius 2 is 2.12 bits per heavy atom. The summed E-state index contributed by atoms with van der Waals surface area (Å²) in [4.78, 5) is 34.4. The van der Waals surface area contributed by atoms with Crippen molar-refractivity contribution in [2.45, 2.75) is 25.6 Å². The summed E-state index contributed by atoms with van der Waals surface area (Å²) in [5.41, 5.74) is 2.34. The topological polar surface area (TPSA) is 89.5 Å². The zero-order valence-electron chi connectivity index (χ0n) is 13.8. The lowest BCUT2D eigenvalue weighted by atomic mass is 10.0. The van der Waals surface area contributed by atoms with Crippen LogP contribution >= 0.6 is 0 Å². The molecule has 132 valence electrons. The summed E-state index contributed by atoms with van der Waals surface area (Å²) in [5, 5.41) is 9.43. The van der Waals surface area contributed by atoms with Gasteiger partial charge in [-0.3, -0.25) is 9.69 Å². The van der Waals surface area contributed by atoms with Crippen molar-refractivity contribution in [3.8, 4) is 0 Å². The summed E-state index contributed by atoms with van der Waals surface area (Å²) in [6.07, 6.45) is 1.71. The first kappa shape index (κ1) is 17.1. The van der Waals surface area contributed by atoms with E-state index in [1.807, 2.05) is 0 Å². The number of nitrogens with one attached hydrogen (secondary N) is 1. The van der Waals surface area contributed by atoms with Crippen molar-refractivity contribution in [3.63, 3.8) is 0 Å². The van der Waals surface area contributed by atoms with Crippen LogP contribution in [-0.4, -0.2) is 56.4 Å². The lowest BCUT2D eigenvalue weighted by Gasteiger charge is -2.33. The smallest absolute Gasteiger partial charge is 0.326 e. The highest BCUT2D eigenvalue weighted by molar-refractivity contribution is 5.85. The summed E-state index contributed by atoms with van der Waals surface area (Å²) in [5.74, 6) is -1.61. The van der Waals surface area contributed by atoms with E-state index in [1.54, 1.807) is 24.1 Å². The molecule has 25 heavy (non-hydrogen) atoms. The number of imidazole rings is 1. The molecule has 0 bridgehead atoms. The van der Waals surface area contributed by atoms with Crippen LogP contribution in [-0.2, 0) is 29.1 Å². The molecule has 0 saturated heterocycles. The van der Waals surface area contributed by atoms with Crippen LogP contribution in [0.4, 0.5) is 4.39 Å². The van der Waals surface area contributed by atoms with Crippen LogP contribution in [0, 0.1) is 5.82 Å². The number of carboxylic acids is 1. The number of carbonyl (C=O) groups is 2. The van der Waals surface area contributed by atoms with E-state index in [1.165, 1.54) is 23.4 Å². The molecule has 0 spiro atoms. The van der Waals surface area contributed by atoms with Crippen LogP contribution in [0.3, 0.4) is 0 Å². The molecular formula is C17H19FN4O3. The number of carbonyl (C=O) groups excluding carboxylic acids is 1. The number of aliphatic carboxylic acids is 1. The third-order valence-corrected chi connectivity index (χ3v) is 4.28. The maximum Gasteiger partial charge on any atom is 0.326 e. The molecule has 1 amide bonds. The van der Waals surface area contributed by atoms with Gasteiger partial charge in [-0.2, -0.15) is 0 Å². The molecule has 1 aliphatic heterocycles. The van der Waals surface area contributed by atoms with Gasteiger partial charge in [0, 0.05) is 13.0 Å². The average molecular weight is 346 g/mol. The Balaban J connectivity index is 1.66. The van der Waals surface area contributed by atoms with Crippen LogP contribution in [0.15, 0.2) is 30.6 Å². The summed E-state index contributed by atoms with van der Waals surface area (Å²) in [6.45, 7) is 0.743. The van der Waals surface area contributed by atoms with Gasteiger partial charge in [0.1, 0.15) is 11.9 Å². The van der Waals surface area contributed by atoms with Crippen molar-refractivity contribution < 1.29 is 19.1 Å². The third-order valence-electron chi connectivity index (χ3n) is 4.28. The number of amides is 1. The lowest BCUT2D eigenvalue weighted by molar-refractivity contribution is -0.151. The van der Waals surface area contributed by atoms with Gasteiger partial charge in [0.2, 0.25) is 5.91 Å². The standard InChI is InChI=1S/C17H19FN4O3/c1-21(7-11-2-4-12(18)5-3-11)9-16(23)22-8-14-13(19-10-20-14)6-15(22)17(24)25/h2-5,10,15H,6-9H2,1H3,(H,19,20)(H,24,25)/t15-/m1/s1. The van der Waals surface area contributed by atoms with Crippen LogP contribution in [0.2, 0.25) is 0 Å². The minimum atomic E-state index is -1.04. The number of benzene rings is 1. The first-order valence-corrected chi connectivity index (χ1v) is 7.90. The number of halogens is 1. The summed E-state index contributed by atoms with van der Waals surface area (Å²) >= 11 is 0. The largest absolute Gasteiger partial charge is 0.480 e. The van der Waals surface area contributed by atoms with Crippen LogP contribution in [0.25, 0.3) is 0 Å². The van der Waals surface area contributed by atoms with Crippen molar-refractivity contribution >= 4 is 11.9 Å². The van der Waals surface area contributed by atoms with E-state index in [2.05, 4.69) is 9.97 Å². The Morgan fingerprint density at radius 3 is 2.80 bits per heavy atom. The molecule has 0 aliphatic carbocycles. The second-order valence-corrected chi connectivity index (χ2v) is 6.21. The zero-order chi connectivity index (χ0) is 18.0. The number of fused-ring (bicyclic) bond motifs is 1. The number of aromatic amines is 1. The molecule has 2 aromatic rings. The number of rotatable bonds is 5. The summed E-state index contributed by atoms with van der Waals surface area (Å²) < 4.78 is 13.0. The van der Waals surface area contributed by atoms with E-state index in [-0.39, 0.29) is 31.2 Å². The van der Waals surface area contributed by atoms with Gasteiger partial charge in [-0.25, -0.2) is 14.2 Å². The number of nitrogens with zero attached hydrogens (tertiary/aromatic N) is 3. The Labute approximate surface area is 144 Å². The van der Waals surface area contributed by atoms with Gasteiger partial charge < -0.3 is 15.0 Å². The fourth-order valence-electron chi connectivity index (χ4n) is 3.00. The minimum Gasteiger partial charge on any atom is -0.480 e. The Bertz CT molecular complexity index is 774. The fraction of sp³-hybridized carbons (Fsp3) is 0.353. The minimum absolute atomic E-state index is 0.0740. The lowest BCUT2D eigenvalue weighted by Crippen LogP contribution is -2.51. The first-order valence-electron chi connectivity index (χ1n) is 7.90. The first-order chi connectivity index (χ1) is 11.9. The molecule has 7 nitrogen and oxygen atoms in total. The molecule has 1 aromatic heterocycles. The number of carboxylic acid groups (broad SMARTS) is 1. The summed E-state index contributed by atoms with van der Waals surface area (Å²) in [7, 11) is 1.77. The van der Waals surface area contributed by atoms with Crippen molar-refractivity contribution in [2.24, 2.45) is 0 Å². The van der Waals surface area contributed by atoms with Gasteiger partial charge in [0.05, 0.1) is 30.8 Å². The van der Waals surface area contributed by atoms with E-state index < -0.39 is 12.0 Å². The van der Waals surface area contributed by atoms with E-state index in [9.17, 15) is 19.1 Å². The van der Waals surface area contributed by atoms with Crippen molar-refractivity contribution in [1.82, 2.24) is 19.8 Å². The van der Waals surface area contributed by atoms with Gasteiger partial charge >= 0.3 is 5.97 Å². The van der Waals surface area contributed by atoms with E-state index >= 15 is 0 Å². The SMILES string of the molecule is CN(CC(=O)N1Cc2[nH]cnc2C[C@@H]1C(=O)O)Cc1ccc(F)cc1. The fourth-order valence-corrected chi connectivity index (χ4v) is 3.00. The number of aromatic nitrogens is 2. The molecule has 8 heteroatoms. The highest BCUT2D eigenvalue weighted by atomic mass is 19.1. The molecule has 0 fully saturated rings. The highest BCUT2D eigenvalue weighted by Crippen LogP contribution is 2.21. The molecule has 0 saturated carbocycles. The molecule has 2 N–H and O–H groups in total. The van der Waals surface area contributed by atoms with Gasteiger partial charge in [0.15, 0.2) is 0 Å². The number of H-pyrrole nitrogens is 1. The third kappa shape index (κ3) is 3.85. The van der Waals surface area contributed by atoms with E-state index in [0.717, 1.165) is 11.3 Å². The summed E-state index contributed by atoms with van der Waals surface area (Å²) in [6, 6.07) is 5.15. The van der Waals surface area contributed by atoms with Crippen LogP contribution in [0.1, 0.15) is 17.0 Å². The van der Waals surface area contributed by atoms with Gasteiger partial charge in [-0.1, -0.05) is 12.1 Å². The second kappa shape index (κ2) is 7.02. The van der Waals surface area contributed by atoms with Crippen molar-refractivity contribution in [3.05, 3.63) is 53.4 Å². The van der Waals surface area contributed by atoms with Crippen molar-refractivity contribution in [1.29, 1.82) is 0 Å². The van der Waals surface area contributed by atoms with Crippen LogP contribution in [0.5, 0.6) is 0 Å². The Kier molecular flexibility index (Phi) is 4.80. The number of hydrogen-bond donors (Lipinski definition) is 2. The second-order valence-electron chi connectivity index (χ2n) is 6.21. The Morgan fingerprint density at radius 1 is 1.40 bits per heavy atom. The molecule has 0 radical (unpaired) electrons. The van der Waals surface area contributed by atoms with Crippen LogP contribution < -0.4 is 0 Å². The highest BCUT2D eigenvalue weighted by Gasteiger charge is 2.36. The average Bonchev–Trinajstić information content (AvgIpc) is 3.03. The zero-order valence-corrected chi connectivity index (χ0v) is 13.8. The van der Waals surface area contributed by atoms with E-state index in [4.69, 9.17) is 0 Å².